The average Bonchev–Trinajstić information content (AvgIpc) is 1.94. The van der Waals surface area contributed by atoms with Crippen LogP contribution < -0.4 is 5.32 Å². The number of terminal acetylenes is 1. The molecule has 12 heavy (non-hydrogen) atoms. The maximum absolute atomic E-state index is 9.35. The van der Waals surface area contributed by atoms with Gasteiger partial charge in [-0.2, -0.15) is 0 Å². The largest absolute Gasteiger partial charge is 0.390 e. The Morgan fingerprint density at radius 3 is 2.58 bits per heavy atom. The lowest BCUT2D eigenvalue weighted by molar-refractivity contribution is 0.0712. The molecule has 0 saturated carbocycles. The molecule has 70 valence electrons. The number of nitrogens with one attached hydrogen (secondary N) is 1. The molecule has 0 spiro atoms. The summed E-state index contributed by atoms with van der Waals surface area (Å²) in [6, 6.07) is 0. The van der Waals surface area contributed by atoms with Gasteiger partial charge in [-0.15, -0.1) is 12.3 Å². The van der Waals surface area contributed by atoms with Crippen LogP contribution in [-0.4, -0.2) is 23.8 Å². The molecule has 0 bridgehead atoms. The van der Waals surface area contributed by atoms with Gasteiger partial charge in [0.05, 0.1) is 5.60 Å². The predicted molar refractivity (Wildman–Crippen MR) is 51.9 cm³/mol. The summed E-state index contributed by atoms with van der Waals surface area (Å²) in [5.41, 5.74) is -0.556. The minimum Gasteiger partial charge on any atom is -0.390 e. The van der Waals surface area contributed by atoms with Crippen molar-refractivity contribution in [1.82, 2.24) is 5.32 Å². The third-order valence-corrected chi connectivity index (χ3v) is 1.59. The second-order valence-corrected chi connectivity index (χ2v) is 3.62. The van der Waals surface area contributed by atoms with Gasteiger partial charge in [-0.05, 0) is 39.8 Å². The molecule has 0 amide bonds. The summed E-state index contributed by atoms with van der Waals surface area (Å²) in [7, 11) is 0. The third kappa shape index (κ3) is 9.48. The van der Waals surface area contributed by atoms with E-state index < -0.39 is 5.60 Å². The first-order valence-electron chi connectivity index (χ1n) is 4.43. The van der Waals surface area contributed by atoms with E-state index in [1.54, 1.807) is 0 Å². The van der Waals surface area contributed by atoms with Gasteiger partial charge in [0.2, 0.25) is 0 Å². The molecule has 0 radical (unpaired) electrons. The van der Waals surface area contributed by atoms with Gasteiger partial charge in [-0.25, -0.2) is 0 Å². The SMILES string of the molecule is C#CCCCNCCC(C)(C)O. The molecule has 2 heteroatoms. The van der Waals surface area contributed by atoms with Crippen molar-refractivity contribution in [3.05, 3.63) is 0 Å². The van der Waals surface area contributed by atoms with E-state index >= 15 is 0 Å². The quantitative estimate of drug-likeness (QED) is 0.462. The molecule has 0 aliphatic rings. The molecule has 0 saturated heterocycles. The van der Waals surface area contributed by atoms with E-state index in [1.807, 2.05) is 13.8 Å². The summed E-state index contributed by atoms with van der Waals surface area (Å²) in [6.45, 7) is 5.43. The number of hydrogen-bond donors (Lipinski definition) is 2. The van der Waals surface area contributed by atoms with Crippen molar-refractivity contribution >= 4 is 0 Å². The molecule has 0 fully saturated rings. The lowest BCUT2D eigenvalue weighted by Gasteiger charge is -2.16. The Labute approximate surface area is 75.4 Å². The van der Waals surface area contributed by atoms with Crippen molar-refractivity contribution in [1.29, 1.82) is 0 Å². The molecule has 0 atom stereocenters. The number of unbranched alkanes of at least 4 members (excludes halogenated alkanes) is 1. The van der Waals surface area contributed by atoms with E-state index in [4.69, 9.17) is 6.42 Å². The summed E-state index contributed by atoms with van der Waals surface area (Å²) >= 11 is 0. The highest BCUT2D eigenvalue weighted by molar-refractivity contribution is 4.83. The van der Waals surface area contributed by atoms with Crippen LogP contribution in [-0.2, 0) is 0 Å². The van der Waals surface area contributed by atoms with Gasteiger partial charge < -0.3 is 10.4 Å². The fourth-order valence-corrected chi connectivity index (χ4v) is 0.835. The molecule has 2 N–H and O–H groups in total. The molecular weight excluding hydrogens is 150 g/mol. The Kier molecular flexibility index (Phi) is 5.79. The van der Waals surface area contributed by atoms with E-state index in [2.05, 4.69) is 11.2 Å². The van der Waals surface area contributed by atoms with Gasteiger partial charge in [0, 0.05) is 6.42 Å². The predicted octanol–water partition coefficient (Wildman–Crippen LogP) is 1.15. The molecular formula is C10H19NO. The molecule has 0 aromatic carbocycles. The summed E-state index contributed by atoms with van der Waals surface area (Å²) in [5, 5.41) is 12.6. The third-order valence-electron chi connectivity index (χ3n) is 1.59. The lowest BCUT2D eigenvalue weighted by atomic mass is 10.1. The molecule has 2 nitrogen and oxygen atoms in total. The van der Waals surface area contributed by atoms with Crippen LogP contribution in [0.4, 0.5) is 0 Å². The summed E-state index contributed by atoms with van der Waals surface area (Å²) in [5.74, 6) is 2.59. The van der Waals surface area contributed by atoms with Crippen molar-refractivity contribution < 1.29 is 5.11 Å². The smallest absolute Gasteiger partial charge is 0.0603 e. The van der Waals surface area contributed by atoms with E-state index in [9.17, 15) is 5.11 Å². The summed E-state index contributed by atoms with van der Waals surface area (Å²) in [4.78, 5) is 0. The maximum atomic E-state index is 9.35. The van der Waals surface area contributed by atoms with Crippen LogP contribution in [0.3, 0.4) is 0 Å². The number of rotatable bonds is 6. The van der Waals surface area contributed by atoms with E-state index in [0.717, 1.165) is 32.4 Å². The summed E-state index contributed by atoms with van der Waals surface area (Å²) < 4.78 is 0. The Morgan fingerprint density at radius 2 is 2.08 bits per heavy atom. The van der Waals surface area contributed by atoms with Crippen molar-refractivity contribution in [3.63, 3.8) is 0 Å². The normalized spacial score (nSPS) is 11.2. The first kappa shape index (κ1) is 11.5. The molecule has 0 aliphatic carbocycles. The van der Waals surface area contributed by atoms with Gasteiger partial charge >= 0.3 is 0 Å². The van der Waals surface area contributed by atoms with Crippen molar-refractivity contribution in [2.24, 2.45) is 0 Å². The van der Waals surface area contributed by atoms with Gasteiger partial charge in [-0.3, -0.25) is 0 Å². The highest BCUT2D eigenvalue weighted by Crippen LogP contribution is 2.04. The lowest BCUT2D eigenvalue weighted by Crippen LogP contribution is -2.27. The average molecular weight is 169 g/mol. The van der Waals surface area contributed by atoms with E-state index in [-0.39, 0.29) is 0 Å². The monoisotopic (exact) mass is 169 g/mol. The van der Waals surface area contributed by atoms with Gasteiger partial charge in [-0.1, -0.05) is 0 Å². The molecule has 0 unspecified atom stereocenters. The van der Waals surface area contributed by atoms with Crippen LogP contribution in [0.25, 0.3) is 0 Å². The molecule has 0 aliphatic heterocycles. The Morgan fingerprint density at radius 1 is 1.42 bits per heavy atom. The Bertz CT molecular complexity index is 141. The standard InChI is InChI=1S/C10H19NO/c1-4-5-6-8-11-9-7-10(2,3)12/h1,11-12H,5-9H2,2-3H3. The highest BCUT2D eigenvalue weighted by atomic mass is 16.3. The summed E-state index contributed by atoms with van der Waals surface area (Å²) in [6.07, 6.45) is 7.72. The number of hydrogen-bond acceptors (Lipinski definition) is 2. The zero-order valence-corrected chi connectivity index (χ0v) is 8.06. The van der Waals surface area contributed by atoms with Crippen molar-refractivity contribution in [2.45, 2.75) is 38.7 Å². The highest BCUT2D eigenvalue weighted by Gasteiger charge is 2.10. The van der Waals surface area contributed by atoms with Gasteiger partial charge in [0.15, 0.2) is 0 Å². The zero-order chi connectivity index (χ0) is 9.45. The van der Waals surface area contributed by atoms with Gasteiger partial charge in [0.25, 0.3) is 0 Å². The zero-order valence-electron chi connectivity index (χ0n) is 8.06. The van der Waals surface area contributed by atoms with Crippen LogP contribution in [0.1, 0.15) is 33.1 Å². The van der Waals surface area contributed by atoms with Crippen molar-refractivity contribution in [2.75, 3.05) is 13.1 Å². The molecule has 0 heterocycles. The fraction of sp³-hybridized carbons (Fsp3) is 0.800. The Balaban J connectivity index is 3.07. The van der Waals surface area contributed by atoms with Crippen LogP contribution in [0.15, 0.2) is 0 Å². The van der Waals surface area contributed by atoms with Gasteiger partial charge in [0.1, 0.15) is 0 Å². The van der Waals surface area contributed by atoms with Crippen LogP contribution in [0.2, 0.25) is 0 Å². The molecule has 0 rings (SSSR count). The second kappa shape index (κ2) is 6.05. The fourth-order valence-electron chi connectivity index (χ4n) is 0.835. The number of aliphatic hydroxyl groups is 1. The minimum atomic E-state index is -0.556. The van der Waals surface area contributed by atoms with E-state index in [0.29, 0.717) is 0 Å². The topological polar surface area (TPSA) is 32.3 Å². The Hall–Kier alpha value is -0.520. The maximum Gasteiger partial charge on any atom is 0.0603 e. The molecule has 0 aromatic heterocycles. The van der Waals surface area contributed by atoms with E-state index in [1.165, 1.54) is 0 Å². The van der Waals surface area contributed by atoms with Crippen molar-refractivity contribution in [3.8, 4) is 12.3 Å². The van der Waals surface area contributed by atoms with Crippen LogP contribution in [0.5, 0.6) is 0 Å². The molecule has 0 aromatic rings. The first-order valence-corrected chi connectivity index (χ1v) is 4.43. The minimum absolute atomic E-state index is 0.556. The first-order chi connectivity index (χ1) is 5.56. The second-order valence-electron chi connectivity index (χ2n) is 3.62. The van der Waals surface area contributed by atoms with Crippen LogP contribution in [0, 0.1) is 12.3 Å². The van der Waals surface area contributed by atoms with Crippen LogP contribution >= 0.6 is 0 Å².